The summed E-state index contributed by atoms with van der Waals surface area (Å²) in [7, 11) is 0. The summed E-state index contributed by atoms with van der Waals surface area (Å²) in [4.78, 5) is 0. The van der Waals surface area contributed by atoms with Gasteiger partial charge in [0.15, 0.2) is 6.29 Å². The molecule has 0 heterocycles. The Bertz CT molecular complexity index is 557. The van der Waals surface area contributed by atoms with Crippen molar-refractivity contribution in [2.75, 3.05) is 13.2 Å². The Labute approximate surface area is 141 Å². The molecule has 1 aromatic rings. The lowest BCUT2D eigenvalue weighted by atomic mass is 10.0. The standard InChI is InChI=1S/C15H16Cl2F4O2/c1-3-22-13(23-4-2)12-11(14(12,16)17)8-5-6-10(18)9(7-8)15(19,20)21/h5-7,11-13H,3-4H2,1-2H3/t11-,12+/m1/s1. The third-order valence-corrected chi connectivity index (χ3v) is 4.69. The molecule has 2 atom stereocenters. The highest BCUT2D eigenvalue weighted by atomic mass is 35.5. The summed E-state index contributed by atoms with van der Waals surface area (Å²) in [5, 5.41) is 0. The van der Waals surface area contributed by atoms with Crippen LogP contribution in [0.1, 0.15) is 30.9 Å². The summed E-state index contributed by atoms with van der Waals surface area (Å²) in [6.07, 6.45) is -5.52. The molecule has 0 bridgehead atoms. The van der Waals surface area contributed by atoms with Crippen molar-refractivity contribution in [2.45, 2.75) is 36.6 Å². The molecule has 1 aliphatic rings. The Morgan fingerprint density at radius 2 is 1.74 bits per heavy atom. The molecule has 2 rings (SSSR count). The second-order valence-corrected chi connectivity index (χ2v) is 6.64. The molecule has 23 heavy (non-hydrogen) atoms. The number of halogens is 6. The minimum atomic E-state index is -4.79. The number of ether oxygens (including phenoxy) is 2. The van der Waals surface area contributed by atoms with Gasteiger partial charge in [-0.25, -0.2) is 4.39 Å². The predicted octanol–water partition coefficient (Wildman–Crippen LogP) is 5.13. The van der Waals surface area contributed by atoms with E-state index in [-0.39, 0.29) is 5.56 Å². The fourth-order valence-corrected chi connectivity index (χ4v) is 3.51. The van der Waals surface area contributed by atoms with Gasteiger partial charge in [-0.3, -0.25) is 0 Å². The van der Waals surface area contributed by atoms with Crippen molar-refractivity contribution in [1.29, 1.82) is 0 Å². The van der Waals surface area contributed by atoms with Crippen molar-refractivity contribution >= 4 is 23.2 Å². The summed E-state index contributed by atoms with van der Waals surface area (Å²) >= 11 is 12.4. The number of benzene rings is 1. The molecule has 0 unspecified atom stereocenters. The van der Waals surface area contributed by atoms with E-state index in [1.807, 2.05) is 0 Å². The van der Waals surface area contributed by atoms with Crippen molar-refractivity contribution < 1.29 is 27.0 Å². The summed E-state index contributed by atoms with van der Waals surface area (Å²) in [5.41, 5.74) is -1.13. The lowest BCUT2D eigenvalue weighted by molar-refractivity contribution is -0.149. The molecular formula is C15H16Cl2F4O2. The van der Waals surface area contributed by atoms with Gasteiger partial charge in [0.1, 0.15) is 10.2 Å². The Balaban J connectivity index is 2.31. The quantitative estimate of drug-likeness (QED) is 0.390. The first kappa shape index (κ1) is 18.8. The van der Waals surface area contributed by atoms with E-state index in [1.54, 1.807) is 13.8 Å². The van der Waals surface area contributed by atoms with E-state index < -0.39 is 40.0 Å². The van der Waals surface area contributed by atoms with Crippen LogP contribution >= 0.6 is 23.2 Å². The van der Waals surface area contributed by atoms with Crippen molar-refractivity contribution in [3.63, 3.8) is 0 Å². The molecule has 1 saturated carbocycles. The van der Waals surface area contributed by atoms with Crippen LogP contribution in [0.4, 0.5) is 17.6 Å². The molecule has 0 spiro atoms. The fraction of sp³-hybridized carbons (Fsp3) is 0.600. The number of hydrogen-bond acceptors (Lipinski definition) is 2. The fourth-order valence-electron chi connectivity index (χ4n) is 2.66. The van der Waals surface area contributed by atoms with Gasteiger partial charge in [0.05, 0.1) is 11.5 Å². The molecule has 0 aliphatic heterocycles. The van der Waals surface area contributed by atoms with E-state index in [4.69, 9.17) is 32.7 Å². The molecule has 1 fully saturated rings. The second kappa shape index (κ2) is 6.75. The average Bonchev–Trinajstić information content (AvgIpc) is 3.00. The lowest BCUT2D eigenvalue weighted by Crippen LogP contribution is -2.22. The van der Waals surface area contributed by atoms with Gasteiger partial charge in [0.2, 0.25) is 0 Å². The molecule has 0 N–H and O–H groups in total. The Kier molecular flexibility index (Phi) is 5.51. The molecular weight excluding hydrogens is 359 g/mol. The van der Waals surface area contributed by atoms with E-state index in [9.17, 15) is 17.6 Å². The molecule has 0 saturated heterocycles. The van der Waals surface area contributed by atoms with Crippen molar-refractivity contribution in [3.05, 3.63) is 35.1 Å². The first-order valence-electron chi connectivity index (χ1n) is 7.12. The van der Waals surface area contributed by atoms with E-state index >= 15 is 0 Å². The molecule has 0 aromatic heterocycles. The van der Waals surface area contributed by atoms with Crippen LogP contribution in [-0.4, -0.2) is 23.8 Å². The molecule has 8 heteroatoms. The van der Waals surface area contributed by atoms with E-state index in [0.717, 1.165) is 12.1 Å². The molecule has 130 valence electrons. The summed E-state index contributed by atoms with van der Waals surface area (Å²) in [6, 6.07) is 2.77. The average molecular weight is 375 g/mol. The third kappa shape index (κ3) is 3.76. The first-order valence-corrected chi connectivity index (χ1v) is 7.87. The van der Waals surface area contributed by atoms with Gasteiger partial charge < -0.3 is 9.47 Å². The maximum Gasteiger partial charge on any atom is 0.419 e. The summed E-state index contributed by atoms with van der Waals surface area (Å²) < 4.78 is 61.5. The first-order chi connectivity index (χ1) is 10.6. The minimum Gasteiger partial charge on any atom is -0.353 e. The zero-order valence-electron chi connectivity index (χ0n) is 12.5. The predicted molar refractivity (Wildman–Crippen MR) is 79.1 cm³/mol. The van der Waals surface area contributed by atoms with Crippen molar-refractivity contribution in [3.8, 4) is 0 Å². The van der Waals surface area contributed by atoms with Crippen molar-refractivity contribution in [2.24, 2.45) is 5.92 Å². The van der Waals surface area contributed by atoms with Gasteiger partial charge in [-0.05, 0) is 31.5 Å². The molecule has 1 aromatic carbocycles. The zero-order valence-corrected chi connectivity index (χ0v) is 14.0. The van der Waals surface area contributed by atoms with Gasteiger partial charge in [-0.2, -0.15) is 13.2 Å². The Morgan fingerprint density at radius 1 is 1.17 bits per heavy atom. The van der Waals surface area contributed by atoms with Crippen molar-refractivity contribution in [1.82, 2.24) is 0 Å². The molecule has 2 nitrogen and oxygen atoms in total. The lowest BCUT2D eigenvalue weighted by Gasteiger charge is -2.17. The van der Waals surface area contributed by atoms with Gasteiger partial charge >= 0.3 is 6.18 Å². The highest BCUT2D eigenvalue weighted by Gasteiger charge is 2.68. The van der Waals surface area contributed by atoms with E-state index in [2.05, 4.69) is 0 Å². The van der Waals surface area contributed by atoms with Crippen LogP contribution in [-0.2, 0) is 15.7 Å². The number of hydrogen-bond donors (Lipinski definition) is 0. The number of rotatable bonds is 6. The van der Waals surface area contributed by atoms with Gasteiger partial charge in [0.25, 0.3) is 0 Å². The topological polar surface area (TPSA) is 18.5 Å². The Hall–Kier alpha value is -0.560. The normalized spacial score (nSPS) is 23.3. The highest BCUT2D eigenvalue weighted by Crippen LogP contribution is 2.67. The maximum absolute atomic E-state index is 13.4. The van der Waals surface area contributed by atoms with Crippen LogP contribution in [0.25, 0.3) is 0 Å². The van der Waals surface area contributed by atoms with Crippen LogP contribution in [0, 0.1) is 11.7 Å². The van der Waals surface area contributed by atoms with Crippen LogP contribution < -0.4 is 0 Å². The molecule has 1 aliphatic carbocycles. The molecule has 0 amide bonds. The largest absolute Gasteiger partial charge is 0.419 e. The maximum atomic E-state index is 13.4. The van der Waals surface area contributed by atoms with Crippen LogP contribution in [0.2, 0.25) is 0 Å². The highest BCUT2D eigenvalue weighted by molar-refractivity contribution is 6.52. The number of alkyl halides is 5. The summed E-state index contributed by atoms with van der Waals surface area (Å²) in [6.45, 7) is 4.20. The minimum absolute atomic E-state index is 0.207. The SMILES string of the molecule is CCOC(OCC)[C@@H]1[C@@H](c2ccc(F)c(C(F)(F)F)c2)C1(Cl)Cl. The van der Waals surface area contributed by atoms with Gasteiger partial charge in [-0.1, -0.05) is 6.07 Å². The second-order valence-electron chi connectivity index (χ2n) is 5.19. The Morgan fingerprint density at radius 3 is 2.22 bits per heavy atom. The third-order valence-electron chi connectivity index (χ3n) is 3.72. The van der Waals surface area contributed by atoms with Gasteiger partial charge in [0, 0.05) is 19.1 Å². The van der Waals surface area contributed by atoms with Gasteiger partial charge in [-0.15, -0.1) is 23.2 Å². The smallest absolute Gasteiger partial charge is 0.353 e. The van der Waals surface area contributed by atoms with Crippen LogP contribution in [0.15, 0.2) is 18.2 Å². The molecule has 0 radical (unpaired) electrons. The summed E-state index contributed by atoms with van der Waals surface area (Å²) in [5.74, 6) is -2.49. The van der Waals surface area contributed by atoms with Crippen LogP contribution in [0.3, 0.4) is 0 Å². The monoisotopic (exact) mass is 374 g/mol. The zero-order chi connectivity index (χ0) is 17.4. The van der Waals surface area contributed by atoms with Crippen LogP contribution in [0.5, 0.6) is 0 Å². The van der Waals surface area contributed by atoms with E-state index in [0.29, 0.717) is 13.2 Å². The van der Waals surface area contributed by atoms with E-state index in [1.165, 1.54) is 6.07 Å².